The highest BCUT2D eigenvalue weighted by atomic mass is 16.1. The zero-order valence-corrected chi connectivity index (χ0v) is 22.5. The number of aryl methyl sites for hydroxylation is 3. The van der Waals surface area contributed by atoms with Gasteiger partial charge in [0.1, 0.15) is 0 Å². The van der Waals surface area contributed by atoms with Crippen LogP contribution in [-0.4, -0.2) is 30.1 Å². The summed E-state index contributed by atoms with van der Waals surface area (Å²) in [6.45, 7) is 9.70. The number of pyridine rings is 1. The second-order valence-electron chi connectivity index (χ2n) is 10.7. The van der Waals surface area contributed by atoms with Gasteiger partial charge in [-0.2, -0.15) is 0 Å². The molecule has 1 aliphatic rings. The van der Waals surface area contributed by atoms with Crippen molar-refractivity contribution in [2.75, 3.05) is 0 Å². The molecule has 1 saturated carbocycles. The summed E-state index contributed by atoms with van der Waals surface area (Å²) in [4.78, 5) is 18.7. The molecule has 1 atom stereocenters. The van der Waals surface area contributed by atoms with Gasteiger partial charge in [-0.15, -0.1) is 5.10 Å². The van der Waals surface area contributed by atoms with Gasteiger partial charge in [0.2, 0.25) is 0 Å². The third kappa shape index (κ3) is 5.52. The molecule has 2 aromatic heterocycles. The van der Waals surface area contributed by atoms with Crippen LogP contribution in [0, 0.1) is 20.8 Å². The minimum absolute atomic E-state index is 0.00641. The van der Waals surface area contributed by atoms with E-state index in [0.717, 1.165) is 41.6 Å². The second-order valence-corrected chi connectivity index (χ2v) is 10.7. The van der Waals surface area contributed by atoms with Crippen molar-refractivity contribution in [1.29, 1.82) is 0 Å². The number of fused-ring (bicyclic) bond motifs is 1. The molecule has 1 aliphatic carbocycles. The lowest BCUT2D eigenvalue weighted by Crippen LogP contribution is -2.33. The monoisotopic (exact) mass is 498 g/mol. The van der Waals surface area contributed by atoms with Gasteiger partial charge >= 0.3 is 0 Å². The largest absolute Gasteiger partial charge is 0.322 e. The molecule has 4 aromatic rings. The van der Waals surface area contributed by atoms with Gasteiger partial charge in [-0.3, -0.25) is 9.69 Å². The second kappa shape index (κ2) is 11.0. The van der Waals surface area contributed by atoms with Crippen LogP contribution >= 0.6 is 0 Å². The Labute approximate surface area is 218 Å². The molecule has 7 heteroatoms. The standard InChI is InChI=1S/C30H38N6O/c1-5-28(29-32-33-34-36(29)26-9-7-6-8-10-26)35(18-23-13-11-20(2)12-14-23)19-25-17-24-15-21(3)22(4)16-27(24)31-30(25)37/h11-17,26,28H,5-10,18-19H2,1-4H3,(H,31,37)/t28-/m1/s1. The molecule has 0 spiro atoms. The number of aromatic nitrogens is 5. The molecule has 0 radical (unpaired) electrons. The number of hydrogen-bond donors (Lipinski definition) is 1. The summed E-state index contributed by atoms with van der Waals surface area (Å²) in [5.74, 6) is 0.908. The van der Waals surface area contributed by atoms with Gasteiger partial charge in [-0.1, -0.05) is 56.0 Å². The molecule has 0 bridgehead atoms. The highest BCUT2D eigenvalue weighted by Crippen LogP contribution is 2.33. The Morgan fingerprint density at radius 3 is 2.46 bits per heavy atom. The van der Waals surface area contributed by atoms with E-state index >= 15 is 0 Å². The molecule has 0 unspecified atom stereocenters. The Morgan fingerprint density at radius 2 is 1.73 bits per heavy atom. The molecule has 7 nitrogen and oxygen atoms in total. The van der Waals surface area contributed by atoms with Crippen molar-refractivity contribution in [3.63, 3.8) is 0 Å². The van der Waals surface area contributed by atoms with Gasteiger partial charge in [0.25, 0.3) is 5.56 Å². The van der Waals surface area contributed by atoms with E-state index in [2.05, 4.69) is 100 Å². The van der Waals surface area contributed by atoms with E-state index in [1.54, 1.807) is 0 Å². The first-order valence-electron chi connectivity index (χ1n) is 13.6. The van der Waals surface area contributed by atoms with Gasteiger partial charge in [0, 0.05) is 24.2 Å². The van der Waals surface area contributed by atoms with Gasteiger partial charge in [0.15, 0.2) is 5.82 Å². The number of tetrazole rings is 1. The molecule has 5 rings (SSSR count). The first-order valence-corrected chi connectivity index (χ1v) is 13.6. The molecule has 37 heavy (non-hydrogen) atoms. The number of rotatable bonds is 8. The molecule has 0 amide bonds. The van der Waals surface area contributed by atoms with E-state index in [9.17, 15) is 4.79 Å². The summed E-state index contributed by atoms with van der Waals surface area (Å²) < 4.78 is 2.08. The van der Waals surface area contributed by atoms with Crippen LogP contribution in [0.4, 0.5) is 0 Å². The Kier molecular flexibility index (Phi) is 7.51. The number of aromatic amines is 1. The lowest BCUT2D eigenvalue weighted by atomic mass is 9.95. The van der Waals surface area contributed by atoms with E-state index in [1.807, 2.05) is 0 Å². The molecule has 1 N–H and O–H groups in total. The summed E-state index contributed by atoms with van der Waals surface area (Å²) >= 11 is 0. The van der Waals surface area contributed by atoms with E-state index in [0.29, 0.717) is 19.1 Å². The van der Waals surface area contributed by atoms with Crippen molar-refractivity contribution < 1.29 is 0 Å². The minimum Gasteiger partial charge on any atom is -0.322 e. The zero-order valence-electron chi connectivity index (χ0n) is 22.5. The molecule has 2 heterocycles. The van der Waals surface area contributed by atoms with E-state index < -0.39 is 0 Å². The van der Waals surface area contributed by atoms with Crippen LogP contribution in [0.1, 0.15) is 91.2 Å². The van der Waals surface area contributed by atoms with Crippen molar-refractivity contribution in [2.45, 2.75) is 91.4 Å². The molecular weight excluding hydrogens is 460 g/mol. The van der Waals surface area contributed by atoms with Gasteiger partial charge in [-0.05, 0) is 90.7 Å². The van der Waals surface area contributed by atoms with Crippen LogP contribution in [0.25, 0.3) is 10.9 Å². The average Bonchev–Trinajstić information content (AvgIpc) is 3.37. The number of H-pyrrole nitrogens is 1. The van der Waals surface area contributed by atoms with Crippen LogP contribution in [0.2, 0.25) is 0 Å². The van der Waals surface area contributed by atoms with E-state index in [-0.39, 0.29) is 11.6 Å². The van der Waals surface area contributed by atoms with Crippen molar-refractivity contribution in [3.05, 3.63) is 86.5 Å². The third-order valence-electron chi connectivity index (χ3n) is 7.98. The summed E-state index contributed by atoms with van der Waals surface area (Å²) in [5, 5.41) is 14.2. The summed E-state index contributed by atoms with van der Waals surface area (Å²) in [6.07, 6.45) is 6.82. The smallest absolute Gasteiger partial charge is 0.252 e. The Bertz CT molecular complexity index is 1410. The number of nitrogens with zero attached hydrogens (tertiary/aromatic N) is 5. The molecule has 194 valence electrons. The maximum absolute atomic E-state index is 13.2. The SMILES string of the molecule is CC[C@H](c1nnnn1C1CCCCC1)N(Cc1ccc(C)cc1)Cc1cc2cc(C)c(C)cc2[nH]c1=O. The first-order chi connectivity index (χ1) is 17.9. The number of nitrogens with one attached hydrogen (secondary N) is 1. The normalized spacial score (nSPS) is 15.5. The van der Waals surface area contributed by atoms with Crippen molar-refractivity contribution in [1.82, 2.24) is 30.1 Å². The predicted octanol–water partition coefficient (Wildman–Crippen LogP) is 6.10. The molecule has 0 aliphatic heterocycles. The first kappa shape index (κ1) is 25.3. The molecule has 1 fully saturated rings. The third-order valence-corrected chi connectivity index (χ3v) is 7.98. The maximum Gasteiger partial charge on any atom is 0.252 e. The minimum atomic E-state index is -0.0358. The van der Waals surface area contributed by atoms with Crippen LogP contribution < -0.4 is 5.56 Å². The van der Waals surface area contributed by atoms with Gasteiger partial charge in [-0.25, -0.2) is 4.68 Å². The Hall–Kier alpha value is -3.32. The van der Waals surface area contributed by atoms with Crippen molar-refractivity contribution in [2.24, 2.45) is 0 Å². The van der Waals surface area contributed by atoms with Crippen LogP contribution in [0.15, 0.2) is 47.3 Å². The van der Waals surface area contributed by atoms with Crippen LogP contribution in [0.5, 0.6) is 0 Å². The fraction of sp³-hybridized carbons (Fsp3) is 0.467. The lowest BCUT2D eigenvalue weighted by molar-refractivity contribution is 0.155. The highest BCUT2D eigenvalue weighted by Gasteiger charge is 2.29. The lowest BCUT2D eigenvalue weighted by Gasteiger charge is -2.32. The van der Waals surface area contributed by atoms with E-state index in [1.165, 1.54) is 41.5 Å². The number of benzene rings is 2. The maximum atomic E-state index is 13.2. The molecular formula is C30H38N6O. The van der Waals surface area contributed by atoms with Gasteiger partial charge < -0.3 is 4.98 Å². The summed E-state index contributed by atoms with van der Waals surface area (Å²) in [6, 6.07) is 15.3. The Morgan fingerprint density at radius 1 is 1.00 bits per heavy atom. The van der Waals surface area contributed by atoms with Crippen LogP contribution in [0.3, 0.4) is 0 Å². The Balaban J connectivity index is 1.53. The van der Waals surface area contributed by atoms with Crippen molar-refractivity contribution >= 4 is 10.9 Å². The van der Waals surface area contributed by atoms with Crippen molar-refractivity contribution in [3.8, 4) is 0 Å². The molecule has 2 aromatic carbocycles. The fourth-order valence-electron chi connectivity index (χ4n) is 5.67. The number of hydrogen-bond acceptors (Lipinski definition) is 5. The van der Waals surface area contributed by atoms with Gasteiger partial charge in [0.05, 0.1) is 12.1 Å². The quantitative estimate of drug-likeness (QED) is 0.318. The predicted molar refractivity (Wildman–Crippen MR) is 147 cm³/mol. The topological polar surface area (TPSA) is 79.7 Å². The van der Waals surface area contributed by atoms with E-state index in [4.69, 9.17) is 0 Å². The fourth-order valence-corrected chi connectivity index (χ4v) is 5.67. The summed E-state index contributed by atoms with van der Waals surface area (Å²) in [7, 11) is 0. The highest BCUT2D eigenvalue weighted by molar-refractivity contribution is 5.80. The average molecular weight is 499 g/mol. The molecule has 0 saturated heterocycles. The summed E-state index contributed by atoms with van der Waals surface area (Å²) in [5.41, 5.74) is 6.46. The van der Waals surface area contributed by atoms with Crippen LogP contribution in [-0.2, 0) is 13.1 Å². The zero-order chi connectivity index (χ0) is 25.9.